The molecule has 4 rings (SSSR count). The summed E-state index contributed by atoms with van der Waals surface area (Å²) < 4.78 is 13.0. The van der Waals surface area contributed by atoms with Crippen LogP contribution in [0.3, 0.4) is 0 Å². The molecule has 116 valence electrons. The summed E-state index contributed by atoms with van der Waals surface area (Å²) in [5.74, 6) is 1.55. The van der Waals surface area contributed by atoms with Crippen LogP contribution in [0, 0.1) is 6.92 Å². The average Bonchev–Trinajstić information content (AvgIpc) is 3.08. The summed E-state index contributed by atoms with van der Waals surface area (Å²) in [7, 11) is 3.33. The first kappa shape index (κ1) is 14.2. The quantitative estimate of drug-likeness (QED) is 0.553. The van der Waals surface area contributed by atoms with Crippen molar-refractivity contribution in [2.75, 3.05) is 14.2 Å². The maximum Gasteiger partial charge on any atom is 0.133 e. The Kier molecular flexibility index (Phi) is 3.10. The molecule has 0 bridgehead atoms. The van der Waals surface area contributed by atoms with Gasteiger partial charge in [0.05, 0.1) is 36.2 Å². The molecule has 0 saturated heterocycles. The molecule has 0 atom stereocenters. The molecular weight excluding hydrogens is 312 g/mol. The molecule has 5 heteroatoms. The third kappa shape index (κ3) is 1.95. The van der Waals surface area contributed by atoms with E-state index in [1.165, 1.54) is 0 Å². The van der Waals surface area contributed by atoms with Crippen molar-refractivity contribution in [1.29, 1.82) is 0 Å². The van der Waals surface area contributed by atoms with Gasteiger partial charge in [0.25, 0.3) is 0 Å². The van der Waals surface area contributed by atoms with Crippen LogP contribution in [-0.2, 0) is 0 Å². The van der Waals surface area contributed by atoms with E-state index < -0.39 is 0 Å². The lowest BCUT2D eigenvalue weighted by atomic mass is 10.0. The molecule has 0 unspecified atom stereocenters. The highest BCUT2D eigenvalue weighted by molar-refractivity contribution is 6.30. The number of benzene rings is 2. The van der Waals surface area contributed by atoms with Crippen LogP contribution in [0.2, 0.25) is 5.02 Å². The second-order valence-corrected chi connectivity index (χ2v) is 5.90. The molecule has 4 nitrogen and oxygen atoms in total. The van der Waals surface area contributed by atoms with Gasteiger partial charge in [0.2, 0.25) is 0 Å². The van der Waals surface area contributed by atoms with Gasteiger partial charge >= 0.3 is 0 Å². The summed E-state index contributed by atoms with van der Waals surface area (Å²) >= 11 is 6.01. The SMILES string of the molecule is COc1cc(OC)c2c(C)nn3cc(-c4ccc(Cl)cc4)c1c23. The first-order valence-corrected chi connectivity index (χ1v) is 7.63. The third-order valence-electron chi connectivity index (χ3n) is 4.19. The minimum absolute atomic E-state index is 0.716. The van der Waals surface area contributed by atoms with Crippen LogP contribution in [0.5, 0.6) is 11.5 Å². The van der Waals surface area contributed by atoms with Gasteiger partial charge in [0, 0.05) is 22.8 Å². The van der Waals surface area contributed by atoms with Crippen LogP contribution >= 0.6 is 11.6 Å². The van der Waals surface area contributed by atoms with Gasteiger partial charge in [-0.1, -0.05) is 23.7 Å². The molecular formula is C18H15ClN2O2. The molecule has 2 aromatic heterocycles. The summed E-state index contributed by atoms with van der Waals surface area (Å²) in [5, 5.41) is 7.38. The molecule has 0 fully saturated rings. The summed E-state index contributed by atoms with van der Waals surface area (Å²) in [6, 6.07) is 9.70. The topological polar surface area (TPSA) is 35.8 Å². The molecule has 2 aromatic carbocycles. The van der Waals surface area contributed by atoms with Gasteiger partial charge in [-0.25, -0.2) is 4.52 Å². The van der Waals surface area contributed by atoms with Gasteiger partial charge in [0.1, 0.15) is 11.5 Å². The predicted molar refractivity (Wildman–Crippen MR) is 92.2 cm³/mol. The standard InChI is InChI=1S/C18H15ClN2O2/c1-10-16-14(22-2)8-15(23-3)17-13(9-21(20-10)18(16)17)11-4-6-12(19)7-5-11/h4-9H,1-3H3. The first-order chi connectivity index (χ1) is 11.1. The average molecular weight is 327 g/mol. The van der Waals surface area contributed by atoms with Crippen molar-refractivity contribution in [3.8, 4) is 22.6 Å². The molecule has 0 radical (unpaired) electrons. The Bertz CT molecular complexity index is 1010. The van der Waals surface area contributed by atoms with Gasteiger partial charge in [-0.2, -0.15) is 5.10 Å². The Hall–Kier alpha value is -2.46. The largest absolute Gasteiger partial charge is 0.496 e. The number of aryl methyl sites for hydroxylation is 1. The van der Waals surface area contributed by atoms with Crippen molar-refractivity contribution in [3.05, 3.63) is 47.2 Å². The van der Waals surface area contributed by atoms with Crippen molar-refractivity contribution in [2.45, 2.75) is 6.92 Å². The van der Waals surface area contributed by atoms with Crippen LogP contribution in [-0.4, -0.2) is 23.8 Å². The number of ether oxygens (including phenoxy) is 2. The minimum atomic E-state index is 0.716. The molecule has 0 amide bonds. The smallest absolute Gasteiger partial charge is 0.133 e. The fourth-order valence-corrected chi connectivity index (χ4v) is 3.30. The minimum Gasteiger partial charge on any atom is -0.496 e. The molecule has 0 saturated carbocycles. The zero-order valence-corrected chi connectivity index (χ0v) is 13.8. The Balaban J connectivity index is 2.13. The van der Waals surface area contributed by atoms with Crippen molar-refractivity contribution < 1.29 is 9.47 Å². The van der Waals surface area contributed by atoms with Crippen molar-refractivity contribution in [2.24, 2.45) is 0 Å². The van der Waals surface area contributed by atoms with Gasteiger partial charge < -0.3 is 9.47 Å². The summed E-state index contributed by atoms with van der Waals surface area (Å²) in [6.45, 7) is 1.98. The van der Waals surface area contributed by atoms with E-state index in [2.05, 4.69) is 5.10 Å². The molecule has 0 spiro atoms. The Morgan fingerprint density at radius 1 is 1.00 bits per heavy atom. The lowest BCUT2D eigenvalue weighted by molar-refractivity contribution is 0.401. The highest BCUT2D eigenvalue weighted by atomic mass is 35.5. The highest BCUT2D eigenvalue weighted by Gasteiger charge is 2.22. The highest BCUT2D eigenvalue weighted by Crippen LogP contribution is 2.44. The number of methoxy groups -OCH3 is 2. The number of hydrogen-bond acceptors (Lipinski definition) is 3. The normalized spacial score (nSPS) is 11.5. The van der Waals surface area contributed by atoms with E-state index in [0.29, 0.717) is 5.02 Å². The van der Waals surface area contributed by atoms with Gasteiger partial charge in [-0.05, 0) is 24.6 Å². The molecule has 0 aliphatic heterocycles. The van der Waals surface area contributed by atoms with Crippen LogP contribution in [0.4, 0.5) is 0 Å². The molecule has 2 heterocycles. The molecule has 23 heavy (non-hydrogen) atoms. The van der Waals surface area contributed by atoms with Crippen LogP contribution < -0.4 is 9.47 Å². The van der Waals surface area contributed by atoms with Gasteiger partial charge in [-0.3, -0.25) is 0 Å². The monoisotopic (exact) mass is 326 g/mol. The molecule has 0 aliphatic carbocycles. The van der Waals surface area contributed by atoms with Crippen LogP contribution in [0.1, 0.15) is 5.69 Å². The number of halogens is 1. The number of nitrogens with zero attached hydrogens (tertiary/aromatic N) is 2. The lowest BCUT2D eigenvalue weighted by Crippen LogP contribution is -1.90. The fraction of sp³-hybridized carbons (Fsp3) is 0.167. The van der Waals surface area contributed by atoms with E-state index in [1.54, 1.807) is 14.2 Å². The van der Waals surface area contributed by atoms with E-state index in [0.717, 1.165) is 44.6 Å². The number of hydrogen-bond donors (Lipinski definition) is 0. The van der Waals surface area contributed by atoms with Crippen molar-refractivity contribution >= 4 is 27.9 Å². The molecule has 0 aliphatic rings. The van der Waals surface area contributed by atoms with E-state index in [1.807, 2.05) is 48.0 Å². The van der Waals surface area contributed by atoms with Crippen molar-refractivity contribution in [3.63, 3.8) is 0 Å². The predicted octanol–water partition coefficient (Wildman–Crippen LogP) is 4.57. The molecule has 4 aromatic rings. The number of aromatic nitrogens is 2. The van der Waals surface area contributed by atoms with Crippen molar-refractivity contribution in [1.82, 2.24) is 9.61 Å². The summed E-state index contributed by atoms with van der Waals surface area (Å²) in [6.07, 6.45) is 2.02. The Labute approximate surface area is 138 Å². The second-order valence-electron chi connectivity index (χ2n) is 5.46. The van der Waals surface area contributed by atoms with Crippen LogP contribution in [0.25, 0.3) is 27.4 Å². The Morgan fingerprint density at radius 2 is 1.65 bits per heavy atom. The number of rotatable bonds is 3. The lowest BCUT2D eigenvalue weighted by Gasteiger charge is -2.09. The zero-order valence-electron chi connectivity index (χ0n) is 13.1. The fourth-order valence-electron chi connectivity index (χ4n) is 3.17. The van der Waals surface area contributed by atoms with E-state index in [9.17, 15) is 0 Å². The summed E-state index contributed by atoms with van der Waals surface area (Å²) in [4.78, 5) is 0. The van der Waals surface area contributed by atoms with Gasteiger partial charge in [0.15, 0.2) is 0 Å². The third-order valence-corrected chi connectivity index (χ3v) is 4.44. The van der Waals surface area contributed by atoms with Gasteiger partial charge in [-0.15, -0.1) is 0 Å². The second kappa shape index (κ2) is 5.03. The van der Waals surface area contributed by atoms with E-state index >= 15 is 0 Å². The van der Waals surface area contributed by atoms with E-state index in [4.69, 9.17) is 21.1 Å². The zero-order chi connectivity index (χ0) is 16.1. The van der Waals surface area contributed by atoms with E-state index in [-0.39, 0.29) is 0 Å². The van der Waals surface area contributed by atoms with Crippen LogP contribution in [0.15, 0.2) is 36.5 Å². The summed E-state index contributed by atoms with van der Waals surface area (Å²) in [5.41, 5.74) is 4.09. The maximum absolute atomic E-state index is 6.01. The first-order valence-electron chi connectivity index (χ1n) is 7.26. The maximum atomic E-state index is 6.01. The Morgan fingerprint density at radius 3 is 2.30 bits per heavy atom. The molecule has 0 N–H and O–H groups in total.